The molecule has 0 fully saturated rings. The maximum absolute atomic E-state index is 11.9. The van der Waals surface area contributed by atoms with Gasteiger partial charge in [-0.3, -0.25) is 4.79 Å². The van der Waals surface area contributed by atoms with Gasteiger partial charge in [-0.25, -0.2) is 0 Å². The summed E-state index contributed by atoms with van der Waals surface area (Å²) in [7, 11) is 0. The lowest BCUT2D eigenvalue weighted by atomic mass is 10.2. The summed E-state index contributed by atoms with van der Waals surface area (Å²) < 4.78 is 0. The minimum absolute atomic E-state index is 0.0570. The number of hydrogen-bond acceptors (Lipinski definition) is 3. The minimum atomic E-state index is -0.333. The summed E-state index contributed by atoms with van der Waals surface area (Å²) in [6.45, 7) is 0.173. The van der Waals surface area contributed by atoms with Crippen molar-refractivity contribution in [3.05, 3.63) is 64.1 Å². The number of hydrogen-bond donors (Lipinski definition) is 2. The molecule has 0 bridgehead atoms. The molecule has 1 amide bonds. The van der Waals surface area contributed by atoms with Crippen molar-refractivity contribution in [2.45, 2.75) is 13.0 Å². The van der Waals surface area contributed by atoms with Crippen LogP contribution in [0.4, 0.5) is 5.69 Å². The monoisotopic (exact) mass is 351 g/mol. The molecule has 120 valence electrons. The van der Waals surface area contributed by atoms with E-state index in [0.717, 1.165) is 5.56 Å². The van der Waals surface area contributed by atoms with E-state index in [-0.39, 0.29) is 24.8 Å². The Bertz CT molecular complexity index is 720. The number of amidine groups is 1. The van der Waals surface area contributed by atoms with Gasteiger partial charge in [0.15, 0.2) is 0 Å². The van der Waals surface area contributed by atoms with Gasteiger partial charge in [-0.2, -0.15) is 0 Å². The third kappa shape index (κ3) is 5.47. The molecule has 0 radical (unpaired) electrons. The van der Waals surface area contributed by atoms with Crippen LogP contribution in [0.3, 0.4) is 0 Å². The predicted molar refractivity (Wildman–Crippen MR) is 92.6 cm³/mol. The highest BCUT2D eigenvalue weighted by atomic mass is 35.5. The van der Waals surface area contributed by atoms with Crippen LogP contribution in [0.5, 0.6) is 0 Å². The predicted octanol–water partition coefficient (Wildman–Crippen LogP) is 3.81. The zero-order valence-electron chi connectivity index (χ0n) is 12.1. The van der Waals surface area contributed by atoms with E-state index in [1.807, 2.05) is 18.2 Å². The van der Waals surface area contributed by atoms with Crippen LogP contribution in [0.1, 0.15) is 12.0 Å². The molecule has 0 unspecified atom stereocenters. The fraction of sp³-hybridized carbons (Fsp3) is 0.125. The number of amides is 1. The first-order valence-electron chi connectivity index (χ1n) is 6.78. The number of oxime groups is 1. The lowest BCUT2D eigenvalue weighted by Gasteiger charge is -2.07. The van der Waals surface area contributed by atoms with Crippen LogP contribution in [0.2, 0.25) is 10.0 Å². The second kappa shape index (κ2) is 8.41. The molecular weight excluding hydrogens is 337 g/mol. The zero-order chi connectivity index (χ0) is 16.7. The summed E-state index contributed by atoms with van der Waals surface area (Å²) >= 11 is 12.0. The standard InChI is InChI=1S/C16H15Cl2N3O2/c17-12-6-2-1-5-11(12)10-23-21-15(19)9-16(22)20-14-8-4-3-7-13(14)18/h1-8H,9-10H2,(H2,19,21)(H,20,22). The first-order chi connectivity index (χ1) is 11.1. The number of halogens is 2. The molecule has 0 atom stereocenters. The molecule has 3 N–H and O–H groups in total. The van der Waals surface area contributed by atoms with Crippen molar-refractivity contribution >= 4 is 40.6 Å². The van der Waals surface area contributed by atoms with Crippen LogP contribution in [-0.2, 0) is 16.2 Å². The van der Waals surface area contributed by atoms with Crippen LogP contribution >= 0.6 is 23.2 Å². The fourth-order valence-corrected chi connectivity index (χ4v) is 2.13. The lowest BCUT2D eigenvalue weighted by Crippen LogP contribution is -2.22. The van der Waals surface area contributed by atoms with E-state index >= 15 is 0 Å². The van der Waals surface area contributed by atoms with E-state index in [4.69, 9.17) is 33.8 Å². The SMILES string of the molecule is NC(CC(=O)Nc1ccccc1Cl)=NOCc1ccccc1Cl. The quantitative estimate of drug-likeness (QED) is 0.471. The Morgan fingerprint density at radius 1 is 1.09 bits per heavy atom. The van der Waals surface area contributed by atoms with Gasteiger partial charge in [0.25, 0.3) is 0 Å². The van der Waals surface area contributed by atoms with Gasteiger partial charge in [0, 0.05) is 10.6 Å². The van der Waals surface area contributed by atoms with E-state index in [9.17, 15) is 4.79 Å². The van der Waals surface area contributed by atoms with Gasteiger partial charge in [0.2, 0.25) is 5.91 Å². The van der Waals surface area contributed by atoms with Gasteiger partial charge in [0.05, 0.1) is 17.1 Å². The van der Waals surface area contributed by atoms with Crippen LogP contribution in [0, 0.1) is 0 Å². The van der Waals surface area contributed by atoms with Crippen molar-refractivity contribution in [3.63, 3.8) is 0 Å². The maximum atomic E-state index is 11.9. The Hall–Kier alpha value is -2.24. The molecule has 0 aliphatic heterocycles. The Morgan fingerprint density at radius 3 is 2.43 bits per heavy atom. The summed E-state index contributed by atoms with van der Waals surface area (Å²) in [6.07, 6.45) is -0.103. The molecule has 0 heterocycles. The molecule has 2 aromatic carbocycles. The van der Waals surface area contributed by atoms with E-state index in [2.05, 4.69) is 10.5 Å². The number of para-hydroxylation sites is 1. The van der Waals surface area contributed by atoms with Crippen molar-refractivity contribution in [1.29, 1.82) is 0 Å². The van der Waals surface area contributed by atoms with Gasteiger partial charge in [-0.15, -0.1) is 0 Å². The molecule has 0 aliphatic carbocycles. The minimum Gasteiger partial charge on any atom is -0.389 e. The number of carbonyl (C=O) groups excluding carboxylic acids is 1. The number of nitrogens with one attached hydrogen (secondary N) is 1. The lowest BCUT2D eigenvalue weighted by molar-refractivity contribution is -0.115. The van der Waals surface area contributed by atoms with Gasteiger partial charge in [-0.1, -0.05) is 58.7 Å². The van der Waals surface area contributed by atoms with Crippen LogP contribution < -0.4 is 11.1 Å². The molecule has 7 heteroatoms. The number of anilines is 1. The summed E-state index contributed by atoms with van der Waals surface area (Å²) in [4.78, 5) is 17.0. The highest BCUT2D eigenvalue weighted by Gasteiger charge is 2.08. The molecular formula is C16H15Cl2N3O2. The third-order valence-corrected chi connectivity index (χ3v) is 3.55. The first kappa shape index (κ1) is 17.1. The van der Waals surface area contributed by atoms with Gasteiger partial charge in [-0.05, 0) is 18.2 Å². The Labute approximate surface area is 144 Å². The first-order valence-corrected chi connectivity index (χ1v) is 7.54. The smallest absolute Gasteiger partial charge is 0.232 e. The average molecular weight is 352 g/mol. The number of benzene rings is 2. The van der Waals surface area contributed by atoms with E-state index in [1.54, 1.807) is 30.3 Å². The largest absolute Gasteiger partial charge is 0.389 e. The van der Waals surface area contributed by atoms with E-state index < -0.39 is 0 Å². The number of nitrogens with zero attached hydrogens (tertiary/aromatic N) is 1. The summed E-state index contributed by atoms with van der Waals surface area (Å²) in [5.74, 6) is -0.276. The number of carbonyl (C=O) groups is 1. The maximum Gasteiger partial charge on any atom is 0.232 e. The number of rotatable bonds is 6. The van der Waals surface area contributed by atoms with Crippen molar-refractivity contribution in [1.82, 2.24) is 0 Å². The van der Waals surface area contributed by atoms with Gasteiger partial charge >= 0.3 is 0 Å². The summed E-state index contributed by atoms with van der Waals surface area (Å²) in [6, 6.07) is 14.2. The third-order valence-electron chi connectivity index (χ3n) is 2.85. The second-order valence-corrected chi connectivity index (χ2v) is 5.47. The second-order valence-electron chi connectivity index (χ2n) is 4.65. The van der Waals surface area contributed by atoms with Crippen molar-refractivity contribution < 1.29 is 9.63 Å². The van der Waals surface area contributed by atoms with Crippen LogP contribution in [-0.4, -0.2) is 11.7 Å². The highest BCUT2D eigenvalue weighted by molar-refractivity contribution is 6.33. The molecule has 0 saturated heterocycles. The molecule has 2 aromatic rings. The van der Waals surface area contributed by atoms with Gasteiger partial charge in [0.1, 0.15) is 12.4 Å². The van der Waals surface area contributed by atoms with Crippen LogP contribution in [0.15, 0.2) is 53.7 Å². The normalized spacial score (nSPS) is 11.1. The molecule has 2 rings (SSSR count). The summed E-state index contributed by atoms with van der Waals surface area (Å²) in [5, 5.41) is 7.39. The van der Waals surface area contributed by atoms with Crippen molar-refractivity contribution in [3.8, 4) is 0 Å². The van der Waals surface area contributed by atoms with Crippen molar-refractivity contribution in [2.24, 2.45) is 10.9 Å². The fourth-order valence-electron chi connectivity index (χ4n) is 1.75. The highest BCUT2D eigenvalue weighted by Crippen LogP contribution is 2.20. The molecule has 0 spiro atoms. The summed E-state index contributed by atoms with van der Waals surface area (Å²) in [5.41, 5.74) is 6.97. The van der Waals surface area contributed by atoms with Gasteiger partial charge < -0.3 is 15.9 Å². The molecule has 5 nitrogen and oxygen atoms in total. The molecule has 0 aliphatic rings. The van der Waals surface area contributed by atoms with Crippen molar-refractivity contribution in [2.75, 3.05) is 5.32 Å². The number of nitrogens with two attached hydrogens (primary N) is 1. The Kier molecular flexibility index (Phi) is 6.26. The molecule has 0 saturated carbocycles. The van der Waals surface area contributed by atoms with Crippen LogP contribution in [0.25, 0.3) is 0 Å². The average Bonchev–Trinajstić information content (AvgIpc) is 2.51. The van der Waals surface area contributed by atoms with E-state index in [0.29, 0.717) is 15.7 Å². The Balaban J connectivity index is 1.84. The molecule has 0 aromatic heterocycles. The topological polar surface area (TPSA) is 76.7 Å². The molecule has 23 heavy (non-hydrogen) atoms. The Morgan fingerprint density at radius 2 is 1.74 bits per heavy atom. The zero-order valence-corrected chi connectivity index (χ0v) is 13.6. The van der Waals surface area contributed by atoms with E-state index in [1.165, 1.54) is 0 Å².